The second-order valence-corrected chi connectivity index (χ2v) is 5.57. The molecule has 1 heterocycles. The largest absolute Gasteiger partial charge is 0.482 e. The molecule has 25 heavy (non-hydrogen) atoms. The van der Waals surface area contributed by atoms with Gasteiger partial charge in [-0.1, -0.05) is 31.5 Å². The smallest absolute Gasteiger partial charge is 0.349 e. The fourth-order valence-corrected chi connectivity index (χ4v) is 2.57. The van der Waals surface area contributed by atoms with Gasteiger partial charge < -0.3 is 13.9 Å². The Bertz CT molecular complexity index is 928. The number of ether oxygens (including phenoxy) is 2. The second-order valence-electron chi connectivity index (χ2n) is 5.57. The molecular formula is C20H18O5. The van der Waals surface area contributed by atoms with Gasteiger partial charge in [0.25, 0.3) is 0 Å². The summed E-state index contributed by atoms with van der Waals surface area (Å²) in [6, 6.07) is 15.6. The predicted molar refractivity (Wildman–Crippen MR) is 94.1 cm³/mol. The molecule has 2 aromatic carbocycles. The number of hydrogen-bond acceptors (Lipinski definition) is 5. The molecule has 0 spiro atoms. The average molecular weight is 338 g/mol. The van der Waals surface area contributed by atoms with Crippen molar-refractivity contribution in [3.05, 3.63) is 70.6 Å². The highest BCUT2D eigenvalue weighted by Gasteiger charge is 2.10. The van der Waals surface area contributed by atoms with Crippen LogP contribution in [0.15, 0.2) is 63.8 Å². The predicted octanol–water partition coefficient (Wildman–Crippen LogP) is 3.73. The molecule has 0 saturated carbocycles. The maximum Gasteiger partial charge on any atom is 0.349 e. The number of rotatable bonds is 6. The van der Waals surface area contributed by atoms with E-state index in [1.54, 1.807) is 30.3 Å². The zero-order chi connectivity index (χ0) is 17.6. The summed E-state index contributed by atoms with van der Waals surface area (Å²) in [5, 5.41) is 0.849. The third kappa shape index (κ3) is 4.26. The van der Waals surface area contributed by atoms with Crippen LogP contribution >= 0.6 is 0 Å². The molecule has 0 aliphatic heterocycles. The van der Waals surface area contributed by atoms with Crippen molar-refractivity contribution in [2.75, 3.05) is 6.61 Å². The Kier molecular flexibility index (Phi) is 5.14. The summed E-state index contributed by atoms with van der Waals surface area (Å²) < 4.78 is 15.8. The maximum atomic E-state index is 11.9. The standard InChI is InChI=1S/C20H18O5/c1-2-6-14-11-19(21)25-18-12-16(9-10-17(14)18)24-20(22)13-23-15-7-4-3-5-8-15/h3-5,7-12H,2,6,13H2,1H3. The van der Waals surface area contributed by atoms with Gasteiger partial charge in [0.2, 0.25) is 0 Å². The van der Waals surface area contributed by atoms with Crippen molar-refractivity contribution in [2.45, 2.75) is 19.8 Å². The second kappa shape index (κ2) is 7.66. The van der Waals surface area contributed by atoms with E-state index in [2.05, 4.69) is 0 Å². The highest BCUT2D eigenvalue weighted by molar-refractivity contribution is 5.83. The maximum absolute atomic E-state index is 11.9. The Hall–Kier alpha value is -3.08. The first-order valence-corrected chi connectivity index (χ1v) is 8.11. The summed E-state index contributed by atoms with van der Waals surface area (Å²) in [7, 11) is 0. The zero-order valence-corrected chi connectivity index (χ0v) is 13.9. The molecule has 128 valence electrons. The van der Waals surface area contributed by atoms with E-state index in [-0.39, 0.29) is 6.61 Å². The monoisotopic (exact) mass is 338 g/mol. The topological polar surface area (TPSA) is 65.7 Å². The summed E-state index contributed by atoms with van der Waals surface area (Å²) in [5.74, 6) is 0.370. The van der Waals surface area contributed by atoms with Gasteiger partial charge in [0.15, 0.2) is 6.61 Å². The van der Waals surface area contributed by atoms with Crippen molar-refractivity contribution in [3.8, 4) is 11.5 Å². The zero-order valence-electron chi connectivity index (χ0n) is 13.9. The molecule has 0 radical (unpaired) electrons. The SMILES string of the molecule is CCCc1cc(=O)oc2cc(OC(=O)COc3ccccc3)ccc12. The molecule has 0 bridgehead atoms. The Morgan fingerprint density at radius 1 is 1.04 bits per heavy atom. The van der Waals surface area contributed by atoms with E-state index in [9.17, 15) is 9.59 Å². The lowest BCUT2D eigenvalue weighted by Crippen LogP contribution is -2.17. The minimum atomic E-state index is -0.532. The first kappa shape index (κ1) is 16.8. The van der Waals surface area contributed by atoms with Crippen molar-refractivity contribution >= 4 is 16.9 Å². The summed E-state index contributed by atoms with van der Waals surface area (Å²) >= 11 is 0. The highest BCUT2D eigenvalue weighted by atomic mass is 16.6. The van der Waals surface area contributed by atoms with Crippen LogP contribution in [0.2, 0.25) is 0 Å². The van der Waals surface area contributed by atoms with Gasteiger partial charge in [-0.15, -0.1) is 0 Å². The molecular weight excluding hydrogens is 320 g/mol. The van der Waals surface area contributed by atoms with Crippen molar-refractivity contribution in [2.24, 2.45) is 0 Å². The van der Waals surface area contributed by atoms with E-state index in [1.165, 1.54) is 6.07 Å². The average Bonchev–Trinajstić information content (AvgIpc) is 2.61. The minimum Gasteiger partial charge on any atom is -0.482 e. The van der Waals surface area contributed by atoms with E-state index in [1.807, 2.05) is 25.1 Å². The Morgan fingerprint density at radius 2 is 1.84 bits per heavy atom. The summed E-state index contributed by atoms with van der Waals surface area (Å²) in [4.78, 5) is 23.6. The third-order valence-corrected chi connectivity index (χ3v) is 3.65. The highest BCUT2D eigenvalue weighted by Crippen LogP contribution is 2.23. The number of benzene rings is 2. The molecule has 0 unspecified atom stereocenters. The van der Waals surface area contributed by atoms with Crippen LogP contribution in [-0.4, -0.2) is 12.6 Å². The van der Waals surface area contributed by atoms with Crippen LogP contribution in [-0.2, 0) is 11.2 Å². The molecule has 0 N–H and O–H groups in total. The number of carbonyl (C=O) groups excluding carboxylic acids is 1. The van der Waals surface area contributed by atoms with Gasteiger partial charge in [0, 0.05) is 17.5 Å². The lowest BCUT2D eigenvalue weighted by molar-refractivity contribution is -0.136. The quantitative estimate of drug-likeness (QED) is 0.389. The lowest BCUT2D eigenvalue weighted by atomic mass is 10.1. The van der Waals surface area contributed by atoms with Crippen LogP contribution in [0.25, 0.3) is 11.0 Å². The van der Waals surface area contributed by atoms with E-state index < -0.39 is 11.6 Å². The number of aryl methyl sites for hydroxylation is 1. The first-order chi connectivity index (χ1) is 12.2. The number of para-hydroxylation sites is 1. The van der Waals surface area contributed by atoms with Crippen LogP contribution in [0.3, 0.4) is 0 Å². The third-order valence-electron chi connectivity index (χ3n) is 3.65. The van der Waals surface area contributed by atoms with Crippen LogP contribution in [0.4, 0.5) is 0 Å². The van der Waals surface area contributed by atoms with Crippen LogP contribution in [0.5, 0.6) is 11.5 Å². The lowest BCUT2D eigenvalue weighted by Gasteiger charge is -2.08. The molecule has 0 atom stereocenters. The van der Waals surface area contributed by atoms with Crippen molar-refractivity contribution in [1.82, 2.24) is 0 Å². The number of carbonyl (C=O) groups is 1. The molecule has 0 saturated heterocycles. The fourth-order valence-electron chi connectivity index (χ4n) is 2.57. The molecule has 3 aromatic rings. The van der Waals surface area contributed by atoms with Gasteiger partial charge in [0.1, 0.15) is 17.1 Å². The molecule has 0 fully saturated rings. The number of fused-ring (bicyclic) bond motifs is 1. The summed E-state index contributed by atoms with van der Waals surface area (Å²) in [6.07, 6.45) is 1.71. The Morgan fingerprint density at radius 3 is 2.60 bits per heavy atom. The van der Waals surface area contributed by atoms with Gasteiger partial charge in [-0.25, -0.2) is 9.59 Å². The van der Waals surface area contributed by atoms with Gasteiger partial charge in [-0.2, -0.15) is 0 Å². The molecule has 5 heteroatoms. The fraction of sp³-hybridized carbons (Fsp3) is 0.200. The van der Waals surface area contributed by atoms with Crippen molar-refractivity contribution < 1.29 is 18.7 Å². The van der Waals surface area contributed by atoms with Crippen LogP contribution in [0, 0.1) is 0 Å². The van der Waals surface area contributed by atoms with E-state index in [4.69, 9.17) is 13.9 Å². The summed E-state index contributed by atoms with van der Waals surface area (Å²) in [6.45, 7) is 1.84. The van der Waals surface area contributed by atoms with Gasteiger partial charge in [-0.05, 0) is 36.2 Å². The van der Waals surface area contributed by atoms with E-state index in [0.29, 0.717) is 17.1 Å². The molecule has 0 amide bonds. The molecule has 0 aliphatic rings. The molecule has 3 rings (SSSR count). The van der Waals surface area contributed by atoms with Crippen molar-refractivity contribution in [3.63, 3.8) is 0 Å². The normalized spacial score (nSPS) is 10.6. The van der Waals surface area contributed by atoms with E-state index >= 15 is 0 Å². The molecule has 1 aromatic heterocycles. The summed E-state index contributed by atoms with van der Waals surface area (Å²) in [5.41, 5.74) is 0.927. The Balaban J connectivity index is 1.73. The Labute approximate surface area is 144 Å². The van der Waals surface area contributed by atoms with E-state index in [0.717, 1.165) is 23.8 Å². The molecule has 5 nitrogen and oxygen atoms in total. The van der Waals surface area contributed by atoms with Gasteiger partial charge >= 0.3 is 11.6 Å². The van der Waals surface area contributed by atoms with Crippen LogP contribution in [0.1, 0.15) is 18.9 Å². The van der Waals surface area contributed by atoms with Gasteiger partial charge in [-0.3, -0.25) is 0 Å². The van der Waals surface area contributed by atoms with Crippen molar-refractivity contribution in [1.29, 1.82) is 0 Å². The minimum absolute atomic E-state index is 0.206. The number of esters is 1. The molecule has 0 aliphatic carbocycles. The first-order valence-electron chi connectivity index (χ1n) is 8.11. The van der Waals surface area contributed by atoms with Gasteiger partial charge in [0.05, 0.1) is 0 Å². The van der Waals surface area contributed by atoms with Crippen LogP contribution < -0.4 is 15.1 Å². The number of hydrogen-bond donors (Lipinski definition) is 0.